The first-order chi connectivity index (χ1) is 12.2. The van der Waals surface area contributed by atoms with Crippen molar-refractivity contribution in [3.8, 4) is 0 Å². The van der Waals surface area contributed by atoms with E-state index in [0.29, 0.717) is 12.2 Å². The first-order valence-corrected chi connectivity index (χ1v) is 9.27. The minimum absolute atomic E-state index is 0.127. The third-order valence-corrected chi connectivity index (χ3v) is 4.94. The van der Waals surface area contributed by atoms with Crippen LogP contribution in [-0.2, 0) is 19.5 Å². The number of aryl methyl sites for hydroxylation is 1. The Hall–Kier alpha value is -2.14. The largest absolute Gasteiger partial charge is 0.347 e. The molecule has 0 bridgehead atoms. The second-order valence-corrected chi connectivity index (χ2v) is 7.07. The van der Waals surface area contributed by atoms with Gasteiger partial charge in [-0.3, -0.25) is 14.8 Å². The fraction of sp³-hybridized carbons (Fsp3) is 0.500. The molecule has 5 nitrogen and oxygen atoms in total. The maximum Gasteiger partial charge on any atom is 0.272 e. The molecule has 2 aromatic rings. The Labute approximate surface area is 149 Å². The molecule has 1 aliphatic rings. The number of carbonyl (C=O) groups is 1. The molecule has 0 aliphatic carbocycles. The van der Waals surface area contributed by atoms with Crippen LogP contribution in [0, 0.1) is 5.92 Å². The molecule has 1 unspecified atom stereocenters. The van der Waals surface area contributed by atoms with E-state index >= 15 is 0 Å². The van der Waals surface area contributed by atoms with E-state index in [9.17, 15) is 4.79 Å². The van der Waals surface area contributed by atoms with Crippen molar-refractivity contribution in [3.05, 3.63) is 52.8 Å². The van der Waals surface area contributed by atoms with Crippen LogP contribution in [0.5, 0.6) is 0 Å². The molecule has 1 aliphatic heterocycles. The van der Waals surface area contributed by atoms with Gasteiger partial charge in [-0.25, -0.2) is 0 Å². The molecule has 1 amide bonds. The highest BCUT2D eigenvalue weighted by molar-refractivity contribution is 5.92. The fourth-order valence-electron chi connectivity index (χ4n) is 3.48. The predicted molar refractivity (Wildman–Crippen MR) is 99.3 cm³/mol. The Morgan fingerprint density at radius 2 is 2.16 bits per heavy atom. The molecule has 2 heterocycles. The molecular weight excluding hydrogens is 312 g/mol. The first kappa shape index (κ1) is 17.7. The van der Waals surface area contributed by atoms with Crippen molar-refractivity contribution in [2.24, 2.45) is 5.92 Å². The van der Waals surface area contributed by atoms with Crippen molar-refractivity contribution in [3.63, 3.8) is 0 Å². The van der Waals surface area contributed by atoms with Gasteiger partial charge in [0.05, 0.1) is 0 Å². The number of nitrogens with one attached hydrogen (secondary N) is 2. The molecule has 25 heavy (non-hydrogen) atoms. The van der Waals surface area contributed by atoms with Crippen LogP contribution in [0.1, 0.15) is 54.0 Å². The van der Waals surface area contributed by atoms with E-state index in [1.807, 2.05) is 19.1 Å². The van der Waals surface area contributed by atoms with E-state index in [-0.39, 0.29) is 5.91 Å². The average molecular weight is 340 g/mol. The Morgan fingerprint density at radius 3 is 2.88 bits per heavy atom. The number of hydrogen-bond donors (Lipinski definition) is 2. The van der Waals surface area contributed by atoms with Crippen LogP contribution in [0.3, 0.4) is 0 Å². The van der Waals surface area contributed by atoms with Crippen LogP contribution in [0.15, 0.2) is 30.3 Å². The number of benzene rings is 1. The van der Waals surface area contributed by atoms with Gasteiger partial charge in [0.15, 0.2) is 0 Å². The lowest BCUT2D eigenvalue weighted by atomic mass is 9.99. The van der Waals surface area contributed by atoms with Gasteiger partial charge in [-0.1, -0.05) is 38.1 Å². The molecule has 1 atom stereocenters. The number of aromatic amines is 1. The predicted octanol–water partition coefficient (Wildman–Crippen LogP) is 3.13. The van der Waals surface area contributed by atoms with E-state index in [0.717, 1.165) is 37.7 Å². The lowest BCUT2D eigenvalue weighted by molar-refractivity contribution is 0.0945. The number of rotatable bonds is 6. The second kappa shape index (κ2) is 8.30. The molecule has 1 aromatic heterocycles. The number of hydrogen-bond acceptors (Lipinski definition) is 3. The van der Waals surface area contributed by atoms with Crippen LogP contribution < -0.4 is 5.32 Å². The van der Waals surface area contributed by atoms with Crippen LogP contribution >= 0.6 is 0 Å². The van der Waals surface area contributed by atoms with Gasteiger partial charge in [0, 0.05) is 25.3 Å². The van der Waals surface area contributed by atoms with E-state index in [1.54, 1.807) is 0 Å². The van der Waals surface area contributed by atoms with Gasteiger partial charge in [0.25, 0.3) is 5.91 Å². The van der Waals surface area contributed by atoms with Crippen molar-refractivity contribution >= 4 is 5.91 Å². The number of nitrogens with zero attached hydrogens (tertiary/aromatic N) is 2. The summed E-state index contributed by atoms with van der Waals surface area (Å²) in [5, 5.41) is 9.96. The number of aromatic nitrogens is 2. The zero-order valence-corrected chi connectivity index (χ0v) is 15.2. The summed E-state index contributed by atoms with van der Waals surface area (Å²) in [4.78, 5) is 14.8. The third kappa shape index (κ3) is 4.69. The number of piperidine rings is 1. The van der Waals surface area contributed by atoms with E-state index in [2.05, 4.69) is 45.5 Å². The SMILES string of the molecule is CCc1cc(C(=O)NCc2ccccc2CN2CCCC(C)C2)n[nH]1. The summed E-state index contributed by atoms with van der Waals surface area (Å²) in [5.41, 5.74) is 3.91. The van der Waals surface area contributed by atoms with Gasteiger partial charge in [0.2, 0.25) is 0 Å². The molecule has 3 rings (SSSR count). The first-order valence-electron chi connectivity index (χ1n) is 9.27. The van der Waals surface area contributed by atoms with Crippen LogP contribution in [-0.4, -0.2) is 34.1 Å². The number of amides is 1. The number of likely N-dealkylation sites (tertiary alicyclic amines) is 1. The molecule has 134 valence electrons. The van der Waals surface area contributed by atoms with Crippen molar-refractivity contribution in [2.75, 3.05) is 13.1 Å². The van der Waals surface area contributed by atoms with E-state index < -0.39 is 0 Å². The normalized spacial score (nSPS) is 18.2. The molecule has 1 aromatic carbocycles. The van der Waals surface area contributed by atoms with E-state index in [4.69, 9.17) is 0 Å². The van der Waals surface area contributed by atoms with E-state index in [1.165, 1.54) is 24.0 Å². The van der Waals surface area contributed by atoms with Gasteiger partial charge < -0.3 is 5.32 Å². The van der Waals surface area contributed by atoms with Crippen molar-refractivity contribution in [2.45, 2.75) is 46.2 Å². The molecule has 2 N–H and O–H groups in total. The molecule has 0 spiro atoms. The summed E-state index contributed by atoms with van der Waals surface area (Å²) in [7, 11) is 0. The Bertz CT molecular complexity index is 709. The second-order valence-electron chi connectivity index (χ2n) is 7.07. The van der Waals surface area contributed by atoms with Crippen LogP contribution in [0.25, 0.3) is 0 Å². The van der Waals surface area contributed by atoms with Crippen molar-refractivity contribution in [1.82, 2.24) is 20.4 Å². The van der Waals surface area contributed by atoms with Gasteiger partial charge in [-0.05, 0) is 48.9 Å². The monoisotopic (exact) mass is 340 g/mol. The van der Waals surface area contributed by atoms with Crippen LogP contribution in [0.4, 0.5) is 0 Å². The minimum atomic E-state index is -0.127. The lowest BCUT2D eigenvalue weighted by Gasteiger charge is -2.31. The standard InChI is InChI=1S/C20H28N4O/c1-3-18-11-19(23-22-18)20(25)21-12-16-8-4-5-9-17(16)14-24-10-6-7-15(2)13-24/h4-5,8-9,11,15H,3,6-7,10,12-14H2,1-2H3,(H,21,25)(H,22,23). The summed E-state index contributed by atoms with van der Waals surface area (Å²) >= 11 is 0. The molecule has 1 fully saturated rings. The highest BCUT2D eigenvalue weighted by Crippen LogP contribution is 2.19. The average Bonchev–Trinajstić information content (AvgIpc) is 3.10. The van der Waals surface area contributed by atoms with Gasteiger partial charge in [-0.15, -0.1) is 0 Å². The Morgan fingerprint density at radius 1 is 1.36 bits per heavy atom. The number of carbonyl (C=O) groups excluding carboxylic acids is 1. The smallest absolute Gasteiger partial charge is 0.272 e. The summed E-state index contributed by atoms with van der Waals surface area (Å²) in [5.74, 6) is 0.644. The summed E-state index contributed by atoms with van der Waals surface area (Å²) in [6, 6.07) is 10.2. The summed E-state index contributed by atoms with van der Waals surface area (Å²) < 4.78 is 0. The van der Waals surface area contributed by atoms with Crippen molar-refractivity contribution in [1.29, 1.82) is 0 Å². The van der Waals surface area contributed by atoms with Gasteiger partial charge in [-0.2, -0.15) is 5.10 Å². The molecular formula is C20H28N4O. The maximum absolute atomic E-state index is 12.3. The minimum Gasteiger partial charge on any atom is -0.347 e. The lowest BCUT2D eigenvalue weighted by Crippen LogP contribution is -2.34. The molecule has 0 radical (unpaired) electrons. The fourth-order valence-corrected chi connectivity index (χ4v) is 3.48. The quantitative estimate of drug-likeness (QED) is 0.849. The highest BCUT2D eigenvalue weighted by Gasteiger charge is 2.17. The Kier molecular flexibility index (Phi) is 5.87. The molecule has 5 heteroatoms. The summed E-state index contributed by atoms with van der Waals surface area (Å²) in [6.07, 6.45) is 3.45. The molecule has 0 saturated carbocycles. The van der Waals surface area contributed by atoms with Gasteiger partial charge >= 0.3 is 0 Å². The highest BCUT2D eigenvalue weighted by atomic mass is 16.1. The third-order valence-electron chi connectivity index (χ3n) is 4.94. The number of H-pyrrole nitrogens is 1. The topological polar surface area (TPSA) is 61.0 Å². The Balaban J connectivity index is 1.61. The van der Waals surface area contributed by atoms with Crippen LogP contribution in [0.2, 0.25) is 0 Å². The molecule has 1 saturated heterocycles. The zero-order chi connectivity index (χ0) is 17.6. The van der Waals surface area contributed by atoms with Gasteiger partial charge in [0.1, 0.15) is 5.69 Å². The van der Waals surface area contributed by atoms with Crippen molar-refractivity contribution < 1.29 is 4.79 Å². The summed E-state index contributed by atoms with van der Waals surface area (Å²) in [6.45, 7) is 8.18. The maximum atomic E-state index is 12.3. The zero-order valence-electron chi connectivity index (χ0n) is 15.2.